The van der Waals surface area contributed by atoms with E-state index < -0.39 is 0 Å². The standard InChI is InChI=1S/C54H50N6O4/c1-25(2)47(26(3)4)59-51(61)31-21-35-41-44-38(58(10)49(55-35)29-17-13-11-14-18-29)24-34-40-32(52(62)60(54(34)64)48(27(5)6)28(7)8)22-36-42(46(40)44)43-37(23-33(53(59)63)39(31)45(41)43)57(9)50(56-36)30-19-15-12-16-20-30/h11-28,47-48H,1-10H3. The zero-order valence-corrected chi connectivity index (χ0v) is 37.9. The first-order chi connectivity index (χ1) is 30.6. The van der Waals surface area contributed by atoms with Crippen molar-refractivity contribution in [1.29, 1.82) is 0 Å². The fourth-order valence-electron chi connectivity index (χ4n) is 11.9. The maximum absolute atomic E-state index is 15.3. The number of rotatable bonds is 8. The van der Waals surface area contributed by atoms with E-state index in [1.54, 1.807) is 0 Å². The van der Waals surface area contributed by atoms with E-state index in [9.17, 15) is 0 Å². The molecule has 7 aromatic carbocycles. The Morgan fingerprint density at radius 2 is 0.703 bits per heavy atom. The average molecular weight is 847 g/mol. The Kier molecular flexibility index (Phi) is 8.59. The van der Waals surface area contributed by atoms with Crippen molar-refractivity contribution in [3.8, 4) is 22.8 Å². The van der Waals surface area contributed by atoms with E-state index in [-0.39, 0.29) is 58.0 Å². The maximum atomic E-state index is 15.3. The van der Waals surface area contributed by atoms with Crippen molar-refractivity contribution in [1.82, 2.24) is 28.2 Å². The van der Waals surface area contributed by atoms with Gasteiger partial charge in [-0.25, -0.2) is 9.97 Å². The quantitative estimate of drug-likeness (QED) is 0.111. The number of hydrogen-bond donors (Lipinski definition) is 0. The van der Waals surface area contributed by atoms with Gasteiger partial charge in [-0.15, -0.1) is 0 Å². The smallest absolute Gasteiger partial charge is 0.261 e. The minimum absolute atomic E-state index is 0.00410. The van der Waals surface area contributed by atoms with E-state index in [4.69, 9.17) is 9.97 Å². The van der Waals surface area contributed by atoms with Gasteiger partial charge in [0.2, 0.25) is 0 Å². The molecular formula is C54H50N6O4. The summed E-state index contributed by atoms with van der Waals surface area (Å²) in [5.74, 6) is 1.24. The van der Waals surface area contributed by atoms with Gasteiger partial charge in [-0.05, 0) is 47.9 Å². The second-order valence-corrected chi connectivity index (χ2v) is 19.4. The molecule has 11 aromatic rings. The fourth-order valence-corrected chi connectivity index (χ4v) is 11.9. The van der Waals surface area contributed by atoms with Gasteiger partial charge < -0.3 is 9.13 Å². The molecule has 0 aliphatic rings. The molecule has 0 spiro atoms. The van der Waals surface area contributed by atoms with Gasteiger partial charge in [0, 0.05) is 80.4 Å². The lowest BCUT2D eigenvalue weighted by molar-refractivity contribution is 0.277. The molecule has 64 heavy (non-hydrogen) atoms. The number of nitrogens with zero attached hydrogens (tertiary/aromatic N) is 6. The Bertz CT molecular complexity index is 3690. The minimum Gasteiger partial charge on any atom is -0.328 e. The van der Waals surface area contributed by atoms with Crippen LogP contribution in [0.25, 0.3) is 109 Å². The third-order valence-corrected chi connectivity index (χ3v) is 14.2. The van der Waals surface area contributed by atoms with Crippen molar-refractivity contribution >= 4 is 86.7 Å². The molecule has 0 aliphatic heterocycles. The lowest BCUT2D eigenvalue weighted by Gasteiger charge is -2.28. The Labute approximate surface area is 368 Å². The molecule has 10 nitrogen and oxygen atoms in total. The molecule has 0 saturated carbocycles. The number of benzene rings is 7. The van der Waals surface area contributed by atoms with Gasteiger partial charge in [-0.2, -0.15) is 0 Å². The molecule has 4 aromatic heterocycles. The van der Waals surface area contributed by atoms with E-state index >= 15 is 19.2 Å². The predicted molar refractivity (Wildman–Crippen MR) is 263 cm³/mol. The van der Waals surface area contributed by atoms with Crippen molar-refractivity contribution in [3.63, 3.8) is 0 Å². The number of pyridine rings is 2. The third kappa shape index (κ3) is 5.13. The van der Waals surface area contributed by atoms with Crippen molar-refractivity contribution in [3.05, 3.63) is 126 Å². The summed E-state index contributed by atoms with van der Waals surface area (Å²) in [5, 5.41) is 7.44. The van der Waals surface area contributed by atoms with E-state index in [2.05, 4.69) is 55.4 Å². The van der Waals surface area contributed by atoms with Crippen molar-refractivity contribution in [2.75, 3.05) is 0 Å². The second-order valence-electron chi connectivity index (χ2n) is 19.4. The SMILES string of the molecule is CC(C)C(C(C)C)n1c(=O)c2cc3nc(-c4ccccc4)n(C)c4cc5c(=O)n(C(C(C)C)C(C)C)c(=O)c6cc7nc(-c8ccccc8)n(C)c8cc(c1=O)c2c1c3c4c(c65)c7c18. The summed E-state index contributed by atoms with van der Waals surface area (Å²) in [7, 11) is 3.93. The molecule has 0 N–H and O–H groups in total. The van der Waals surface area contributed by atoms with Crippen LogP contribution in [0.5, 0.6) is 0 Å². The van der Waals surface area contributed by atoms with E-state index in [0.29, 0.717) is 55.0 Å². The highest BCUT2D eigenvalue weighted by atomic mass is 16.2. The Hall–Kier alpha value is -6.94. The highest BCUT2D eigenvalue weighted by Gasteiger charge is 2.33. The van der Waals surface area contributed by atoms with Gasteiger partial charge in [-0.3, -0.25) is 28.3 Å². The first-order valence-electron chi connectivity index (χ1n) is 22.5. The molecule has 10 heteroatoms. The van der Waals surface area contributed by atoms with Crippen LogP contribution in [0, 0.1) is 23.7 Å². The second kappa shape index (κ2) is 13.8. The molecule has 0 aliphatic carbocycles. The van der Waals surface area contributed by atoms with Crippen LogP contribution in [0.15, 0.2) is 104 Å². The van der Waals surface area contributed by atoms with Crippen molar-refractivity contribution in [2.45, 2.75) is 67.5 Å². The lowest BCUT2D eigenvalue weighted by atomic mass is 9.84. The zero-order valence-electron chi connectivity index (χ0n) is 37.9. The van der Waals surface area contributed by atoms with Gasteiger partial charge in [0.05, 0.1) is 43.6 Å². The van der Waals surface area contributed by atoms with E-state index in [1.165, 1.54) is 9.13 Å². The third-order valence-electron chi connectivity index (χ3n) is 14.2. The Balaban J connectivity index is 1.54. The van der Waals surface area contributed by atoms with Crippen LogP contribution >= 0.6 is 0 Å². The van der Waals surface area contributed by atoms with E-state index in [0.717, 1.165) is 54.5 Å². The van der Waals surface area contributed by atoms with Crippen LogP contribution in [0.1, 0.15) is 67.5 Å². The summed E-state index contributed by atoms with van der Waals surface area (Å²) in [4.78, 5) is 72.2. The van der Waals surface area contributed by atoms with Crippen molar-refractivity contribution in [2.24, 2.45) is 37.8 Å². The summed E-state index contributed by atoms with van der Waals surface area (Å²) < 4.78 is 7.05. The number of aromatic nitrogens is 6. The highest BCUT2D eigenvalue weighted by Crippen LogP contribution is 2.51. The van der Waals surface area contributed by atoms with Crippen LogP contribution in [0.2, 0.25) is 0 Å². The zero-order chi connectivity index (χ0) is 44.9. The van der Waals surface area contributed by atoms with Crippen LogP contribution in [0.4, 0.5) is 0 Å². The molecule has 0 radical (unpaired) electrons. The number of hydrogen-bond acceptors (Lipinski definition) is 6. The van der Waals surface area contributed by atoms with Crippen LogP contribution in [-0.4, -0.2) is 28.2 Å². The van der Waals surface area contributed by atoms with E-state index in [1.807, 2.05) is 108 Å². The summed E-state index contributed by atoms with van der Waals surface area (Å²) in [6.45, 7) is 16.5. The Morgan fingerprint density at radius 1 is 0.391 bits per heavy atom. The molecular weight excluding hydrogens is 797 g/mol. The minimum atomic E-state index is -0.363. The fraction of sp³-hybridized carbons (Fsp3) is 0.296. The molecule has 0 amide bonds. The van der Waals surface area contributed by atoms with Crippen LogP contribution in [0.3, 0.4) is 0 Å². The summed E-state index contributed by atoms with van der Waals surface area (Å²) in [6.07, 6.45) is 0. The lowest BCUT2D eigenvalue weighted by Crippen LogP contribution is -2.40. The maximum Gasteiger partial charge on any atom is 0.261 e. The number of aryl methyl sites for hydroxylation is 2. The van der Waals surface area contributed by atoms with Gasteiger partial charge in [0.15, 0.2) is 0 Å². The molecule has 0 atom stereocenters. The van der Waals surface area contributed by atoms with Crippen LogP contribution < -0.4 is 22.2 Å². The van der Waals surface area contributed by atoms with Gasteiger partial charge in [-0.1, -0.05) is 116 Å². The summed E-state index contributed by atoms with van der Waals surface area (Å²) in [6, 6.07) is 26.8. The predicted octanol–water partition coefficient (Wildman–Crippen LogP) is 10.8. The first-order valence-corrected chi connectivity index (χ1v) is 22.5. The van der Waals surface area contributed by atoms with Crippen molar-refractivity contribution < 1.29 is 0 Å². The van der Waals surface area contributed by atoms with Gasteiger partial charge in [0.25, 0.3) is 22.2 Å². The van der Waals surface area contributed by atoms with Crippen LogP contribution in [-0.2, 0) is 14.1 Å². The topological polar surface area (TPSA) is 114 Å². The average Bonchev–Trinajstić information content (AvgIpc) is 3.48. The Morgan fingerprint density at radius 3 is 1.02 bits per heavy atom. The highest BCUT2D eigenvalue weighted by molar-refractivity contribution is 6.48. The largest absolute Gasteiger partial charge is 0.328 e. The summed E-state index contributed by atoms with van der Waals surface area (Å²) in [5.41, 5.74) is 2.92. The monoisotopic (exact) mass is 846 g/mol. The normalized spacial score (nSPS) is 13.0. The molecule has 320 valence electrons. The summed E-state index contributed by atoms with van der Waals surface area (Å²) >= 11 is 0. The van der Waals surface area contributed by atoms with Gasteiger partial charge in [0.1, 0.15) is 11.6 Å². The van der Waals surface area contributed by atoms with Gasteiger partial charge >= 0.3 is 0 Å². The molecule has 4 heterocycles. The molecule has 0 saturated heterocycles. The molecule has 0 fully saturated rings. The molecule has 0 unspecified atom stereocenters. The molecule has 11 rings (SSSR count). The molecule has 0 bridgehead atoms. The first kappa shape index (κ1) is 39.9.